The van der Waals surface area contributed by atoms with Crippen LogP contribution in [0.3, 0.4) is 0 Å². The maximum absolute atomic E-state index is 13.1. The van der Waals surface area contributed by atoms with Crippen molar-refractivity contribution in [3.8, 4) is 0 Å². The lowest BCUT2D eigenvalue weighted by atomic mass is 10.1. The Morgan fingerprint density at radius 1 is 1.21 bits per heavy atom. The Kier molecular flexibility index (Phi) is 3.92. The predicted molar refractivity (Wildman–Crippen MR) is 73.4 cm³/mol. The molecule has 0 aliphatic rings. The van der Waals surface area contributed by atoms with Gasteiger partial charge in [-0.15, -0.1) is 0 Å². The first-order chi connectivity index (χ1) is 9.10. The quantitative estimate of drug-likeness (QED) is 0.889. The topological polar surface area (TPSA) is 55.1 Å². The number of carbonyl (C=O) groups is 1. The molecule has 98 valence electrons. The Morgan fingerprint density at radius 2 is 1.89 bits per heavy atom. The number of hydrogen-bond donors (Lipinski definition) is 2. The van der Waals surface area contributed by atoms with Gasteiger partial charge in [-0.3, -0.25) is 4.79 Å². The van der Waals surface area contributed by atoms with Crippen molar-refractivity contribution in [3.63, 3.8) is 0 Å². The van der Waals surface area contributed by atoms with E-state index in [4.69, 9.17) is 5.73 Å². The lowest BCUT2D eigenvalue weighted by Gasteiger charge is -2.07. The summed E-state index contributed by atoms with van der Waals surface area (Å²) in [4.78, 5) is 12.0. The Labute approximate surface area is 111 Å². The number of rotatable bonds is 3. The first-order valence-corrected chi connectivity index (χ1v) is 5.96. The zero-order chi connectivity index (χ0) is 13.8. The summed E-state index contributed by atoms with van der Waals surface area (Å²) in [5.74, 6) is -0.576. The second-order valence-electron chi connectivity index (χ2n) is 4.32. The second-order valence-corrected chi connectivity index (χ2v) is 4.32. The van der Waals surface area contributed by atoms with Gasteiger partial charge in [0.15, 0.2) is 0 Å². The van der Waals surface area contributed by atoms with E-state index in [2.05, 4.69) is 5.32 Å². The monoisotopic (exact) mass is 258 g/mol. The van der Waals surface area contributed by atoms with Gasteiger partial charge in [-0.25, -0.2) is 4.39 Å². The molecular formula is C15H15FN2O. The number of anilines is 1. The Balaban J connectivity index is 2.13. The highest BCUT2D eigenvalue weighted by Crippen LogP contribution is 2.13. The van der Waals surface area contributed by atoms with Crippen molar-refractivity contribution in [2.75, 3.05) is 5.32 Å². The molecule has 0 bridgehead atoms. The molecule has 0 atom stereocenters. The van der Waals surface area contributed by atoms with Gasteiger partial charge in [0.25, 0.3) is 5.91 Å². The number of benzene rings is 2. The van der Waals surface area contributed by atoms with Crippen molar-refractivity contribution >= 4 is 11.6 Å². The predicted octanol–water partition coefficient (Wildman–Crippen LogP) is 2.85. The van der Waals surface area contributed by atoms with Crippen molar-refractivity contribution in [1.82, 2.24) is 0 Å². The van der Waals surface area contributed by atoms with Crippen LogP contribution in [-0.2, 0) is 6.54 Å². The van der Waals surface area contributed by atoms with E-state index >= 15 is 0 Å². The van der Waals surface area contributed by atoms with Crippen LogP contribution in [0.1, 0.15) is 21.5 Å². The van der Waals surface area contributed by atoms with Gasteiger partial charge in [-0.05, 0) is 48.4 Å². The summed E-state index contributed by atoms with van der Waals surface area (Å²) in [5.41, 5.74) is 8.06. The Hall–Kier alpha value is -2.20. The van der Waals surface area contributed by atoms with Gasteiger partial charge in [0.1, 0.15) is 5.82 Å². The summed E-state index contributed by atoms with van der Waals surface area (Å²) in [5, 5.41) is 2.75. The van der Waals surface area contributed by atoms with Crippen molar-refractivity contribution in [1.29, 1.82) is 0 Å². The molecule has 0 aliphatic heterocycles. The molecule has 3 N–H and O–H groups in total. The maximum atomic E-state index is 13.1. The Bertz CT molecular complexity index is 594. The van der Waals surface area contributed by atoms with Gasteiger partial charge < -0.3 is 11.1 Å². The minimum atomic E-state index is -0.316. The molecule has 0 spiro atoms. The molecule has 3 nitrogen and oxygen atoms in total. The normalized spacial score (nSPS) is 10.3. The number of amides is 1. The van der Waals surface area contributed by atoms with E-state index in [0.717, 1.165) is 5.56 Å². The molecule has 1 amide bonds. The first kappa shape index (κ1) is 13.2. The highest BCUT2D eigenvalue weighted by atomic mass is 19.1. The van der Waals surface area contributed by atoms with E-state index in [1.54, 1.807) is 19.1 Å². The van der Waals surface area contributed by atoms with Crippen LogP contribution >= 0.6 is 0 Å². The summed E-state index contributed by atoms with van der Waals surface area (Å²) >= 11 is 0. The van der Waals surface area contributed by atoms with E-state index < -0.39 is 0 Å². The molecule has 2 aromatic rings. The summed E-state index contributed by atoms with van der Waals surface area (Å²) < 4.78 is 13.1. The van der Waals surface area contributed by atoms with Gasteiger partial charge in [0, 0.05) is 17.8 Å². The SMILES string of the molecule is Cc1cc(C(=O)Nc2ccc(CN)cc2)ccc1F. The molecule has 0 saturated carbocycles. The highest BCUT2D eigenvalue weighted by Gasteiger charge is 2.08. The largest absolute Gasteiger partial charge is 0.326 e. The Morgan fingerprint density at radius 3 is 2.47 bits per heavy atom. The maximum Gasteiger partial charge on any atom is 0.255 e. The van der Waals surface area contributed by atoms with Gasteiger partial charge in [0.05, 0.1) is 0 Å². The van der Waals surface area contributed by atoms with E-state index in [0.29, 0.717) is 23.4 Å². The molecule has 2 rings (SSSR count). The van der Waals surface area contributed by atoms with Crippen LogP contribution in [0.25, 0.3) is 0 Å². The number of aryl methyl sites for hydroxylation is 1. The minimum Gasteiger partial charge on any atom is -0.326 e. The van der Waals surface area contributed by atoms with Crippen molar-refractivity contribution in [3.05, 3.63) is 65.0 Å². The number of carbonyl (C=O) groups excluding carboxylic acids is 1. The summed E-state index contributed by atoms with van der Waals surface area (Å²) in [7, 11) is 0. The summed E-state index contributed by atoms with van der Waals surface area (Å²) in [6.45, 7) is 2.09. The third kappa shape index (κ3) is 3.17. The standard InChI is InChI=1S/C15H15FN2O/c1-10-8-12(4-7-14(10)16)15(19)18-13-5-2-11(9-17)3-6-13/h2-8H,9,17H2,1H3,(H,18,19). The third-order valence-electron chi connectivity index (χ3n) is 2.87. The highest BCUT2D eigenvalue weighted by molar-refractivity contribution is 6.04. The van der Waals surface area contributed by atoms with Gasteiger partial charge >= 0.3 is 0 Å². The van der Waals surface area contributed by atoms with Gasteiger partial charge in [-0.2, -0.15) is 0 Å². The van der Waals surface area contributed by atoms with Crippen LogP contribution < -0.4 is 11.1 Å². The lowest BCUT2D eigenvalue weighted by molar-refractivity contribution is 0.102. The average Bonchev–Trinajstić information content (AvgIpc) is 2.42. The summed E-state index contributed by atoms with van der Waals surface area (Å²) in [6.07, 6.45) is 0. The fourth-order valence-electron chi connectivity index (χ4n) is 1.71. The van der Waals surface area contributed by atoms with E-state index in [1.165, 1.54) is 18.2 Å². The number of halogens is 1. The summed E-state index contributed by atoms with van der Waals surface area (Å²) in [6, 6.07) is 11.6. The number of nitrogens with one attached hydrogen (secondary N) is 1. The third-order valence-corrected chi connectivity index (χ3v) is 2.87. The van der Waals surface area contributed by atoms with Crippen LogP contribution in [0.15, 0.2) is 42.5 Å². The molecular weight excluding hydrogens is 243 g/mol. The molecule has 0 saturated heterocycles. The first-order valence-electron chi connectivity index (χ1n) is 5.96. The zero-order valence-corrected chi connectivity index (χ0v) is 10.6. The van der Waals surface area contributed by atoms with Crippen molar-refractivity contribution < 1.29 is 9.18 Å². The molecule has 4 heteroatoms. The van der Waals surface area contributed by atoms with E-state index in [-0.39, 0.29) is 11.7 Å². The van der Waals surface area contributed by atoms with Crippen LogP contribution in [0.4, 0.5) is 10.1 Å². The molecule has 0 aliphatic carbocycles. The van der Waals surface area contributed by atoms with Crippen LogP contribution in [0.5, 0.6) is 0 Å². The van der Waals surface area contributed by atoms with E-state index in [1.807, 2.05) is 12.1 Å². The van der Waals surface area contributed by atoms with Gasteiger partial charge in [0.2, 0.25) is 0 Å². The van der Waals surface area contributed by atoms with Gasteiger partial charge in [-0.1, -0.05) is 12.1 Å². The molecule has 0 aromatic heterocycles. The second kappa shape index (κ2) is 5.63. The molecule has 2 aromatic carbocycles. The molecule has 0 unspecified atom stereocenters. The number of nitrogens with two attached hydrogens (primary N) is 1. The molecule has 0 heterocycles. The lowest BCUT2D eigenvalue weighted by Crippen LogP contribution is -2.12. The van der Waals surface area contributed by atoms with Crippen LogP contribution in [0, 0.1) is 12.7 Å². The van der Waals surface area contributed by atoms with Crippen molar-refractivity contribution in [2.45, 2.75) is 13.5 Å². The van der Waals surface area contributed by atoms with E-state index in [9.17, 15) is 9.18 Å². The fourth-order valence-corrected chi connectivity index (χ4v) is 1.71. The smallest absolute Gasteiger partial charge is 0.255 e. The molecule has 19 heavy (non-hydrogen) atoms. The molecule has 0 radical (unpaired) electrons. The molecule has 0 fully saturated rings. The average molecular weight is 258 g/mol. The van der Waals surface area contributed by atoms with Crippen LogP contribution in [-0.4, -0.2) is 5.91 Å². The zero-order valence-electron chi connectivity index (χ0n) is 10.6. The van der Waals surface area contributed by atoms with Crippen LogP contribution in [0.2, 0.25) is 0 Å². The van der Waals surface area contributed by atoms with Crippen molar-refractivity contribution in [2.24, 2.45) is 5.73 Å². The minimum absolute atomic E-state index is 0.261. The number of hydrogen-bond acceptors (Lipinski definition) is 2. The fraction of sp³-hybridized carbons (Fsp3) is 0.133.